The molecule has 2 saturated heterocycles. The number of hydrogen-bond acceptors (Lipinski definition) is 9. The molecule has 236 valence electrons. The quantitative estimate of drug-likeness (QED) is 0.263. The minimum atomic E-state index is -3.19. The predicted octanol–water partition coefficient (Wildman–Crippen LogP) is 2.65. The number of sulfonamides is 1. The highest BCUT2D eigenvalue weighted by atomic mass is 32.2. The predicted molar refractivity (Wildman–Crippen MR) is 169 cm³/mol. The number of morpholine rings is 1. The standard InChI is InChI=1S/C30H34N8O6S/c1-45(42,43)37-12-10-35(11-13-37)19-21-18-26-28(36-14-16-44-17-15-36)33-27(34-38(26)20-21)22-2-6-24(7-3-22)31-30(41)32-25-8-4-23(5-9-25)29(39)40/h2-9,18,20H,10-17,19H2,1H3,(H,39,40)(H2,31,32,41). The number of fused-ring (bicyclic) bond motifs is 1. The number of carbonyl (C=O) groups excluding carboxylic acids is 1. The minimum absolute atomic E-state index is 0.134. The number of anilines is 3. The number of amides is 2. The summed E-state index contributed by atoms with van der Waals surface area (Å²) in [6.45, 7) is 5.55. The third-order valence-electron chi connectivity index (χ3n) is 7.81. The molecule has 15 heteroatoms. The van der Waals surface area contributed by atoms with Crippen molar-refractivity contribution in [1.82, 2.24) is 23.8 Å². The van der Waals surface area contributed by atoms with Crippen LogP contribution in [0.3, 0.4) is 0 Å². The maximum absolute atomic E-state index is 12.5. The number of carboxylic acids is 1. The fraction of sp³-hybridized carbons (Fsp3) is 0.333. The number of nitrogens with one attached hydrogen (secondary N) is 2. The number of piperazine rings is 1. The smallest absolute Gasteiger partial charge is 0.335 e. The average Bonchev–Trinajstić information content (AvgIpc) is 3.43. The topological polar surface area (TPSA) is 162 Å². The lowest BCUT2D eigenvalue weighted by atomic mass is 10.2. The maximum atomic E-state index is 12.5. The molecule has 4 aromatic rings. The Bertz CT molecular complexity index is 1800. The third-order valence-corrected chi connectivity index (χ3v) is 9.11. The van der Waals surface area contributed by atoms with Gasteiger partial charge in [0.25, 0.3) is 0 Å². The Balaban J connectivity index is 1.19. The molecular formula is C30H34N8O6S. The largest absolute Gasteiger partial charge is 0.478 e. The summed E-state index contributed by atoms with van der Waals surface area (Å²) >= 11 is 0. The van der Waals surface area contributed by atoms with Crippen molar-refractivity contribution in [3.8, 4) is 11.4 Å². The van der Waals surface area contributed by atoms with Crippen molar-refractivity contribution >= 4 is 44.7 Å². The van der Waals surface area contributed by atoms with E-state index in [-0.39, 0.29) is 5.56 Å². The maximum Gasteiger partial charge on any atom is 0.335 e. The minimum Gasteiger partial charge on any atom is -0.478 e. The Morgan fingerprint density at radius 3 is 2.13 bits per heavy atom. The molecule has 0 saturated carbocycles. The first-order chi connectivity index (χ1) is 21.6. The molecule has 4 heterocycles. The van der Waals surface area contributed by atoms with Crippen molar-refractivity contribution in [2.24, 2.45) is 0 Å². The summed E-state index contributed by atoms with van der Waals surface area (Å²) in [6, 6.07) is 14.7. The summed E-state index contributed by atoms with van der Waals surface area (Å²) in [6.07, 6.45) is 3.25. The van der Waals surface area contributed by atoms with E-state index in [1.54, 1.807) is 12.1 Å². The summed E-state index contributed by atoms with van der Waals surface area (Å²) < 4.78 is 32.8. The molecule has 45 heavy (non-hydrogen) atoms. The molecule has 0 bridgehead atoms. The van der Waals surface area contributed by atoms with E-state index in [1.165, 1.54) is 34.8 Å². The van der Waals surface area contributed by atoms with Crippen LogP contribution in [-0.2, 0) is 21.3 Å². The lowest BCUT2D eigenvalue weighted by Gasteiger charge is -2.32. The molecule has 3 N–H and O–H groups in total. The number of hydrogen-bond donors (Lipinski definition) is 3. The molecule has 2 aliphatic heterocycles. The lowest BCUT2D eigenvalue weighted by molar-refractivity contribution is 0.0697. The Morgan fingerprint density at radius 2 is 1.53 bits per heavy atom. The van der Waals surface area contributed by atoms with E-state index in [9.17, 15) is 18.0 Å². The van der Waals surface area contributed by atoms with E-state index in [4.69, 9.17) is 19.9 Å². The van der Waals surface area contributed by atoms with Crippen LogP contribution >= 0.6 is 0 Å². The Hall–Kier alpha value is -4.57. The van der Waals surface area contributed by atoms with Gasteiger partial charge in [0, 0.05) is 68.9 Å². The van der Waals surface area contributed by atoms with Gasteiger partial charge in [0.05, 0.1) is 25.0 Å². The molecule has 2 aromatic carbocycles. The van der Waals surface area contributed by atoms with Crippen LogP contribution in [0, 0.1) is 0 Å². The summed E-state index contributed by atoms with van der Waals surface area (Å²) in [7, 11) is -3.19. The second kappa shape index (κ2) is 12.8. The molecule has 0 unspecified atom stereocenters. The van der Waals surface area contributed by atoms with Crippen molar-refractivity contribution in [2.75, 3.05) is 74.3 Å². The highest BCUT2D eigenvalue weighted by molar-refractivity contribution is 7.88. The van der Waals surface area contributed by atoms with Crippen LogP contribution in [0.1, 0.15) is 15.9 Å². The van der Waals surface area contributed by atoms with Crippen LogP contribution in [0.15, 0.2) is 60.8 Å². The van der Waals surface area contributed by atoms with Gasteiger partial charge >= 0.3 is 12.0 Å². The van der Waals surface area contributed by atoms with Gasteiger partial charge in [0.2, 0.25) is 10.0 Å². The van der Waals surface area contributed by atoms with Crippen LogP contribution in [0.2, 0.25) is 0 Å². The van der Waals surface area contributed by atoms with Gasteiger partial charge in [-0.25, -0.2) is 27.5 Å². The summed E-state index contributed by atoms with van der Waals surface area (Å²) in [5.74, 6) is 0.306. The highest BCUT2D eigenvalue weighted by Gasteiger charge is 2.24. The van der Waals surface area contributed by atoms with E-state index in [0.29, 0.717) is 76.2 Å². The number of benzene rings is 2. The second-order valence-electron chi connectivity index (χ2n) is 11.0. The van der Waals surface area contributed by atoms with Crippen molar-refractivity contribution < 1.29 is 27.9 Å². The zero-order chi connectivity index (χ0) is 31.6. The average molecular weight is 635 g/mol. The number of carbonyl (C=O) groups is 2. The molecule has 0 aliphatic carbocycles. The molecule has 2 aromatic heterocycles. The van der Waals surface area contributed by atoms with Gasteiger partial charge in [0.1, 0.15) is 5.52 Å². The van der Waals surface area contributed by atoms with E-state index >= 15 is 0 Å². The Labute approximate surface area is 260 Å². The van der Waals surface area contributed by atoms with Crippen LogP contribution in [-0.4, -0.2) is 108 Å². The normalized spacial score (nSPS) is 16.5. The molecule has 0 radical (unpaired) electrons. The van der Waals surface area contributed by atoms with Crippen molar-refractivity contribution in [3.05, 3.63) is 71.9 Å². The Morgan fingerprint density at radius 1 is 0.911 bits per heavy atom. The monoisotopic (exact) mass is 634 g/mol. The van der Waals surface area contributed by atoms with Crippen LogP contribution in [0.25, 0.3) is 16.9 Å². The molecular weight excluding hydrogens is 600 g/mol. The highest BCUT2D eigenvalue weighted by Crippen LogP contribution is 2.27. The van der Waals surface area contributed by atoms with Gasteiger partial charge in [-0.1, -0.05) is 0 Å². The van der Waals surface area contributed by atoms with Crippen LogP contribution in [0.5, 0.6) is 0 Å². The second-order valence-corrected chi connectivity index (χ2v) is 13.0. The van der Waals surface area contributed by atoms with Crippen LogP contribution < -0.4 is 15.5 Å². The van der Waals surface area contributed by atoms with E-state index in [0.717, 1.165) is 22.5 Å². The Kier molecular flexibility index (Phi) is 8.67. The molecule has 0 spiro atoms. The molecule has 2 aliphatic rings. The summed E-state index contributed by atoms with van der Waals surface area (Å²) in [5, 5.41) is 19.3. The molecule has 0 atom stereocenters. The molecule has 14 nitrogen and oxygen atoms in total. The first-order valence-corrected chi connectivity index (χ1v) is 16.4. The van der Waals surface area contributed by atoms with Gasteiger partial charge < -0.3 is 25.4 Å². The first kappa shape index (κ1) is 30.5. The van der Waals surface area contributed by atoms with Gasteiger partial charge in [0.15, 0.2) is 11.6 Å². The van der Waals surface area contributed by atoms with Crippen molar-refractivity contribution in [3.63, 3.8) is 0 Å². The lowest BCUT2D eigenvalue weighted by Crippen LogP contribution is -2.47. The fourth-order valence-corrected chi connectivity index (χ4v) is 6.25. The zero-order valence-corrected chi connectivity index (χ0v) is 25.5. The van der Waals surface area contributed by atoms with Crippen LogP contribution in [0.4, 0.5) is 22.0 Å². The van der Waals surface area contributed by atoms with Gasteiger partial charge in [-0.3, -0.25) is 4.90 Å². The SMILES string of the molecule is CS(=O)(=O)N1CCN(Cc2cc3c(N4CCOCC4)nc(-c4ccc(NC(=O)Nc5ccc(C(=O)O)cc5)cc4)nn3c2)CC1. The molecule has 2 amide bonds. The van der Waals surface area contributed by atoms with E-state index in [2.05, 4.69) is 26.5 Å². The van der Waals surface area contributed by atoms with Crippen molar-refractivity contribution in [2.45, 2.75) is 6.54 Å². The number of nitrogens with zero attached hydrogens (tertiary/aromatic N) is 6. The van der Waals surface area contributed by atoms with Gasteiger partial charge in [-0.2, -0.15) is 4.31 Å². The number of aromatic carboxylic acids is 1. The summed E-state index contributed by atoms with van der Waals surface area (Å²) in [5.41, 5.74) is 3.88. The zero-order valence-electron chi connectivity index (χ0n) is 24.7. The number of urea groups is 1. The number of rotatable bonds is 8. The fourth-order valence-electron chi connectivity index (χ4n) is 5.42. The third kappa shape index (κ3) is 7.23. The first-order valence-electron chi connectivity index (χ1n) is 14.5. The van der Waals surface area contributed by atoms with Gasteiger partial charge in [-0.05, 0) is 60.2 Å². The molecule has 6 rings (SSSR count). The summed E-state index contributed by atoms with van der Waals surface area (Å²) in [4.78, 5) is 33.0. The number of carboxylic acid groups (broad SMARTS) is 1. The van der Waals surface area contributed by atoms with E-state index in [1.807, 2.05) is 22.8 Å². The van der Waals surface area contributed by atoms with E-state index < -0.39 is 22.0 Å². The van der Waals surface area contributed by atoms with Crippen molar-refractivity contribution in [1.29, 1.82) is 0 Å². The number of aromatic nitrogens is 3. The van der Waals surface area contributed by atoms with Gasteiger partial charge in [-0.15, -0.1) is 5.10 Å². The molecule has 2 fully saturated rings. The number of ether oxygens (including phenoxy) is 1.